The molecular weight excluding hydrogens is 388 g/mol. The maximum absolute atomic E-state index is 12.6. The molecule has 0 saturated heterocycles. The third kappa shape index (κ3) is 4.81. The van der Waals surface area contributed by atoms with Crippen LogP contribution in [-0.2, 0) is 24.7 Å². The number of anilines is 1. The van der Waals surface area contributed by atoms with Gasteiger partial charge < -0.3 is 4.90 Å². The van der Waals surface area contributed by atoms with Gasteiger partial charge in [0.1, 0.15) is 11.5 Å². The van der Waals surface area contributed by atoms with E-state index >= 15 is 0 Å². The molecule has 0 N–H and O–H groups in total. The van der Waals surface area contributed by atoms with Crippen molar-refractivity contribution in [2.24, 2.45) is 12.5 Å². The smallest absolute Gasteiger partial charge is 0.180 e. The Morgan fingerprint density at radius 3 is 2.71 bits per heavy atom. The second kappa shape index (κ2) is 8.21. The van der Waals surface area contributed by atoms with E-state index in [1.54, 1.807) is 10.9 Å². The molecule has 0 fully saturated rings. The summed E-state index contributed by atoms with van der Waals surface area (Å²) in [6.07, 6.45) is 9.09. The van der Waals surface area contributed by atoms with Crippen LogP contribution in [0.2, 0.25) is 0 Å². The molecule has 7 heteroatoms. The van der Waals surface area contributed by atoms with Crippen LogP contribution in [0.1, 0.15) is 44.9 Å². The summed E-state index contributed by atoms with van der Waals surface area (Å²) in [7, 11) is 3.85. The van der Waals surface area contributed by atoms with Gasteiger partial charge in [-0.25, -0.2) is 9.97 Å². The number of pyridine rings is 1. The molecule has 3 heterocycles. The Bertz CT molecular complexity index is 1110. The van der Waals surface area contributed by atoms with E-state index in [9.17, 15) is 4.79 Å². The number of hydrogen-bond donors (Lipinski definition) is 0. The molecule has 162 valence electrons. The van der Waals surface area contributed by atoms with Gasteiger partial charge in [-0.3, -0.25) is 14.5 Å². The van der Waals surface area contributed by atoms with Crippen molar-refractivity contribution in [3.05, 3.63) is 42.0 Å². The molecule has 0 atom stereocenters. The van der Waals surface area contributed by atoms with Crippen molar-refractivity contribution in [2.45, 2.75) is 46.5 Å². The normalized spacial score (nSPS) is 13.3. The van der Waals surface area contributed by atoms with E-state index < -0.39 is 0 Å². The number of likely N-dealkylation sites (N-methyl/N-ethyl adjacent to an activating group) is 1. The zero-order valence-electron chi connectivity index (χ0n) is 19.0. The summed E-state index contributed by atoms with van der Waals surface area (Å²) in [4.78, 5) is 28.8. The van der Waals surface area contributed by atoms with Crippen LogP contribution in [0.25, 0.3) is 22.6 Å². The van der Waals surface area contributed by atoms with Gasteiger partial charge in [-0.2, -0.15) is 5.10 Å². The molecule has 0 spiro atoms. The van der Waals surface area contributed by atoms with E-state index in [1.165, 1.54) is 5.56 Å². The number of ketones is 1. The lowest BCUT2D eigenvalue weighted by Crippen LogP contribution is -2.30. The number of aryl methyl sites for hydroxylation is 2. The van der Waals surface area contributed by atoms with Crippen LogP contribution in [0.15, 0.2) is 30.7 Å². The summed E-state index contributed by atoms with van der Waals surface area (Å²) in [6, 6.07) is 3.97. The van der Waals surface area contributed by atoms with Crippen molar-refractivity contribution >= 4 is 11.6 Å². The molecule has 0 bridgehead atoms. The lowest BCUT2D eigenvalue weighted by molar-refractivity contribution is -0.119. The highest BCUT2D eigenvalue weighted by Crippen LogP contribution is 2.32. The number of fused-ring (bicyclic) bond motifs is 1. The summed E-state index contributed by atoms with van der Waals surface area (Å²) < 4.78 is 1.78. The average molecular weight is 419 g/mol. The molecule has 0 unspecified atom stereocenters. The molecule has 4 rings (SSSR count). The largest absolute Gasteiger partial charge is 0.352 e. The van der Waals surface area contributed by atoms with Gasteiger partial charge in [0.05, 0.1) is 12.7 Å². The Morgan fingerprint density at radius 1 is 1.19 bits per heavy atom. The first-order chi connectivity index (χ1) is 14.7. The molecule has 3 aromatic rings. The number of carbonyl (C=O) groups excluding carboxylic acids is 1. The van der Waals surface area contributed by atoms with E-state index in [2.05, 4.69) is 30.9 Å². The molecule has 31 heavy (non-hydrogen) atoms. The van der Waals surface area contributed by atoms with Gasteiger partial charge in [0.25, 0.3) is 0 Å². The highest BCUT2D eigenvalue weighted by Gasteiger charge is 2.24. The monoisotopic (exact) mass is 418 g/mol. The minimum absolute atomic E-state index is 0.0205. The number of hydrogen-bond acceptors (Lipinski definition) is 6. The van der Waals surface area contributed by atoms with Crippen molar-refractivity contribution in [2.75, 3.05) is 18.5 Å². The van der Waals surface area contributed by atoms with Crippen molar-refractivity contribution in [3.8, 4) is 22.6 Å². The molecule has 0 saturated carbocycles. The fourth-order valence-electron chi connectivity index (χ4n) is 4.13. The number of nitrogens with zero attached hydrogens (tertiary/aromatic N) is 6. The summed E-state index contributed by atoms with van der Waals surface area (Å²) in [5.74, 6) is 1.68. The quantitative estimate of drug-likeness (QED) is 0.605. The minimum atomic E-state index is -0.0205. The zero-order valence-corrected chi connectivity index (χ0v) is 19.0. The number of Topliss-reactive ketones (excluding diaryl/α,β-unsaturated/α-hetero) is 1. The van der Waals surface area contributed by atoms with Gasteiger partial charge in [0.15, 0.2) is 11.6 Å². The molecule has 0 aromatic carbocycles. The third-order valence-corrected chi connectivity index (χ3v) is 5.44. The summed E-state index contributed by atoms with van der Waals surface area (Å²) in [6.45, 7) is 6.62. The van der Waals surface area contributed by atoms with Gasteiger partial charge in [0, 0.05) is 49.7 Å². The zero-order chi connectivity index (χ0) is 22.2. The maximum atomic E-state index is 12.6. The van der Waals surface area contributed by atoms with Crippen molar-refractivity contribution in [3.63, 3.8) is 0 Å². The van der Waals surface area contributed by atoms with E-state index in [4.69, 9.17) is 9.97 Å². The van der Waals surface area contributed by atoms with Crippen LogP contribution in [0.5, 0.6) is 0 Å². The fourth-order valence-corrected chi connectivity index (χ4v) is 4.13. The van der Waals surface area contributed by atoms with Crippen LogP contribution in [0.3, 0.4) is 0 Å². The van der Waals surface area contributed by atoms with E-state index in [-0.39, 0.29) is 11.2 Å². The number of rotatable bonds is 6. The summed E-state index contributed by atoms with van der Waals surface area (Å²) in [5, 5.41) is 4.26. The molecule has 1 aliphatic carbocycles. The highest BCUT2D eigenvalue weighted by molar-refractivity contribution is 5.84. The van der Waals surface area contributed by atoms with E-state index in [0.717, 1.165) is 47.6 Å². The Kier molecular flexibility index (Phi) is 5.60. The lowest BCUT2D eigenvalue weighted by atomic mass is 9.90. The van der Waals surface area contributed by atoms with Crippen molar-refractivity contribution < 1.29 is 4.79 Å². The maximum Gasteiger partial charge on any atom is 0.180 e. The van der Waals surface area contributed by atoms with Crippen molar-refractivity contribution in [1.82, 2.24) is 24.7 Å². The van der Waals surface area contributed by atoms with E-state index in [0.29, 0.717) is 18.8 Å². The molecule has 0 radical (unpaired) electrons. The number of aromatic nitrogens is 5. The molecule has 0 amide bonds. The van der Waals surface area contributed by atoms with E-state index in [1.807, 2.05) is 43.5 Å². The first-order valence-corrected chi connectivity index (χ1v) is 10.8. The Labute approximate surface area is 183 Å². The van der Waals surface area contributed by atoms with Crippen LogP contribution in [0, 0.1) is 5.41 Å². The predicted octanol–water partition coefficient (Wildman–Crippen LogP) is 3.87. The van der Waals surface area contributed by atoms with Crippen LogP contribution in [-0.4, -0.2) is 44.1 Å². The van der Waals surface area contributed by atoms with Crippen LogP contribution in [0.4, 0.5) is 5.82 Å². The van der Waals surface area contributed by atoms with Crippen LogP contribution < -0.4 is 4.90 Å². The standard InChI is InChI=1S/C24H30N6O/c1-24(2,3)12-18(31)15-29(4)23-19-7-6-8-20(19)27-22(28-23)21-11-16(9-10-25-21)17-13-26-30(5)14-17/h9-11,13-14H,6-8,12,15H2,1-5H3. The Morgan fingerprint density at radius 2 is 2.00 bits per heavy atom. The van der Waals surface area contributed by atoms with Gasteiger partial charge in [-0.05, 0) is 42.4 Å². The Balaban J connectivity index is 1.67. The molecule has 3 aromatic heterocycles. The second-order valence-electron chi connectivity index (χ2n) is 9.61. The van der Waals surface area contributed by atoms with Crippen molar-refractivity contribution in [1.29, 1.82) is 0 Å². The molecular formula is C24H30N6O. The second-order valence-corrected chi connectivity index (χ2v) is 9.61. The SMILES string of the molecule is CN(CC(=O)CC(C)(C)C)c1nc(-c2cc(-c3cnn(C)c3)ccn2)nc2c1CCC2. The minimum Gasteiger partial charge on any atom is -0.352 e. The van der Waals surface area contributed by atoms with Crippen LogP contribution >= 0.6 is 0 Å². The average Bonchev–Trinajstić information content (AvgIpc) is 3.34. The van der Waals surface area contributed by atoms with Gasteiger partial charge >= 0.3 is 0 Å². The highest BCUT2D eigenvalue weighted by atomic mass is 16.1. The summed E-state index contributed by atoms with van der Waals surface area (Å²) >= 11 is 0. The fraction of sp³-hybridized carbons (Fsp3) is 0.458. The molecule has 0 aliphatic heterocycles. The topological polar surface area (TPSA) is 76.8 Å². The van der Waals surface area contributed by atoms with Gasteiger partial charge in [-0.1, -0.05) is 20.8 Å². The number of carbonyl (C=O) groups is 1. The van der Waals surface area contributed by atoms with Gasteiger partial charge in [-0.15, -0.1) is 0 Å². The lowest BCUT2D eigenvalue weighted by Gasteiger charge is -2.23. The predicted molar refractivity (Wildman–Crippen MR) is 122 cm³/mol. The van der Waals surface area contributed by atoms with Gasteiger partial charge in [0.2, 0.25) is 0 Å². The first kappa shape index (κ1) is 21.2. The third-order valence-electron chi connectivity index (χ3n) is 5.44. The molecule has 7 nitrogen and oxygen atoms in total. The summed E-state index contributed by atoms with van der Waals surface area (Å²) in [5.41, 5.74) is 5.00. The molecule has 1 aliphatic rings. The first-order valence-electron chi connectivity index (χ1n) is 10.8. The Hall–Kier alpha value is -3.09.